The van der Waals surface area contributed by atoms with Crippen molar-refractivity contribution in [3.8, 4) is 5.75 Å². The Morgan fingerprint density at radius 2 is 2.04 bits per heavy atom. The van der Waals surface area contributed by atoms with Gasteiger partial charge in [-0.15, -0.1) is 0 Å². The lowest BCUT2D eigenvalue weighted by Gasteiger charge is -2.31. The molecule has 7 heteroatoms. The van der Waals surface area contributed by atoms with E-state index in [4.69, 9.17) is 4.74 Å². The van der Waals surface area contributed by atoms with E-state index in [0.717, 1.165) is 31.1 Å². The second kappa shape index (κ2) is 6.72. The molecule has 1 amide bonds. The average Bonchev–Trinajstić information content (AvgIpc) is 3.17. The summed E-state index contributed by atoms with van der Waals surface area (Å²) in [6.45, 7) is 2.45. The molecule has 0 unspecified atom stereocenters. The average molecular weight is 365 g/mol. The summed E-state index contributed by atoms with van der Waals surface area (Å²) in [5.74, 6) is 2.00. The Morgan fingerprint density at radius 3 is 2.78 bits per heavy atom. The molecule has 1 aliphatic carbocycles. The molecule has 7 nitrogen and oxygen atoms in total. The van der Waals surface area contributed by atoms with Gasteiger partial charge in [-0.25, -0.2) is 4.98 Å². The minimum Gasteiger partial charge on any atom is -0.490 e. The van der Waals surface area contributed by atoms with Gasteiger partial charge in [-0.1, -0.05) is 6.07 Å². The molecule has 3 heterocycles. The molecule has 1 N–H and O–H groups in total. The maximum Gasteiger partial charge on any atom is 0.291 e. The number of rotatable bonds is 5. The van der Waals surface area contributed by atoms with Gasteiger partial charge >= 0.3 is 0 Å². The summed E-state index contributed by atoms with van der Waals surface area (Å²) >= 11 is 0. The summed E-state index contributed by atoms with van der Waals surface area (Å²) in [6, 6.07) is 8.46. The minimum absolute atomic E-state index is 0.0924. The van der Waals surface area contributed by atoms with Gasteiger partial charge in [-0.05, 0) is 37.0 Å². The fourth-order valence-corrected chi connectivity index (χ4v) is 3.85. The number of amides is 1. The Morgan fingerprint density at radius 1 is 1.19 bits per heavy atom. The molecular formula is C20H23N5O2. The monoisotopic (exact) mass is 365 g/mol. The molecule has 27 heavy (non-hydrogen) atoms. The number of hydrogen-bond donors (Lipinski definition) is 1. The number of hydrogen-bond acceptors (Lipinski definition) is 4. The van der Waals surface area contributed by atoms with Crippen molar-refractivity contribution in [3.05, 3.63) is 42.6 Å². The Kier molecular flexibility index (Phi) is 4.07. The van der Waals surface area contributed by atoms with Crippen LogP contribution in [0, 0.1) is 5.92 Å². The van der Waals surface area contributed by atoms with Crippen molar-refractivity contribution in [3.63, 3.8) is 0 Å². The number of likely N-dealkylation sites (tertiary alicyclic amines) is 1. The molecule has 0 spiro atoms. The van der Waals surface area contributed by atoms with Crippen molar-refractivity contribution >= 4 is 16.8 Å². The third-order valence-corrected chi connectivity index (χ3v) is 5.57. The van der Waals surface area contributed by atoms with Crippen molar-refractivity contribution in [2.75, 3.05) is 13.1 Å². The Hall–Kier alpha value is -2.83. The molecular weight excluding hydrogens is 342 g/mol. The number of nitrogens with one attached hydrogen (secondary N) is 1. The number of nitrogens with zero attached hydrogens (tertiary/aromatic N) is 4. The van der Waals surface area contributed by atoms with E-state index in [1.54, 1.807) is 0 Å². The largest absolute Gasteiger partial charge is 0.490 e. The molecule has 0 radical (unpaired) electrons. The van der Waals surface area contributed by atoms with Gasteiger partial charge in [0.15, 0.2) is 0 Å². The summed E-state index contributed by atoms with van der Waals surface area (Å²) < 4.78 is 8.68. The number of ether oxygens (including phenoxy) is 1. The van der Waals surface area contributed by atoms with Crippen LogP contribution in [0.25, 0.3) is 10.9 Å². The van der Waals surface area contributed by atoms with Gasteiger partial charge in [0, 0.05) is 44.1 Å². The normalized spacial score (nSPS) is 18.1. The fraction of sp³-hybridized carbons (Fsp3) is 0.450. The maximum absolute atomic E-state index is 12.3. The molecule has 2 aliphatic rings. The van der Waals surface area contributed by atoms with Crippen molar-refractivity contribution in [2.45, 2.75) is 38.3 Å². The first-order chi connectivity index (χ1) is 13.3. The van der Waals surface area contributed by atoms with Crippen LogP contribution in [0.3, 0.4) is 0 Å². The Balaban J connectivity index is 1.25. The van der Waals surface area contributed by atoms with E-state index in [2.05, 4.69) is 50.2 Å². The van der Waals surface area contributed by atoms with Crippen LogP contribution in [0.15, 0.2) is 36.8 Å². The minimum atomic E-state index is -0.0924. The molecule has 1 saturated carbocycles. The molecule has 0 atom stereocenters. The van der Waals surface area contributed by atoms with E-state index in [1.165, 1.54) is 30.1 Å². The van der Waals surface area contributed by atoms with Crippen LogP contribution in [-0.4, -0.2) is 49.7 Å². The maximum atomic E-state index is 12.3. The highest BCUT2D eigenvalue weighted by Gasteiger charge is 2.27. The summed E-state index contributed by atoms with van der Waals surface area (Å²) in [4.78, 5) is 18.1. The van der Waals surface area contributed by atoms with Gasteiger partial charge in [-0.3, -0.25) is 9.89 Å². The third-order valence-electron chi connectivity index (χ3n) is 5.57. The fourth-order valence-electron chi connectivity index (χ4n) is 3.85. The van der Waals surface area contributed by atoms with Gasteiger partial charge in [0.25, 0.3) is 5.91 Å². The van der Waals surface area contributed by atoms with Crippen LogP contribution in [-0.2, 0) is 6.54 Å². The predicted molar refractivity (Wildman–Crippen MR) is 101 cm³/mol. The lowest BCUT2D eigenvalue weighted by atomic mass is 10.1. The summed E-state index contributed by atoms with van der Waals surface area (Å²) in [5, 5.41) is 7.57. The first kappa shape index (κ1) is 16.4. The number of aromatic amines is 1. The van der Waals surface area contributed by atoms with Crippen LogP contribution >= 0.6 is 0 Å². The smallest absolute Gasteiger partial charge is 0.291 e. The zero-order valence-corrected chi connectivity index (χ0v) is 15.2. The van der Waals surface area contributed by atoms with Crippen LogP contribution in [0.2, 0.25) is 0 Å². The third kappa shape index (κ3) is 3.29. The van der Waals surface area contributed by atoms with Crippen molar-refractivity contribution in [1.82, 2.24) is 24.6 Å². The zero-order chi connectivity index (χ0) is 18.2. The lowest BCUT2D eigenvalue weighted by molar-refractivity contribution is 0.0587. The number of carbonyl (C=O) groups is 1. The van der Waals surface area contributed by atoms with E-state index < -0.39 is 0 Å². The number of carbonyl (C=O) groups excluding carboxylic acids is 1. The van der Waals surface area contributed by atoms with E-state index in [9.17, 15) is 4.79 Å². The van der Waals surface area contributed by atoms with E-state index in [0.29, 0.717) is 18.9 Å². The van der Waals surface area contributed by atoms with Crippen LogP contribution in [0.4, 0.5) is 0 Å². The molecule has 5 rings (SSSR count). The number of piperidine rings is 1. The van der Waals surface area contributed by atoms with Gasteiger partial charge in [0.05, 0.1) is 5.52 Å². The highest BCUT2D eigenvalue weighted by atomic mass is 16.5. The summed E-state index contributed by atoms with van der Waals surface area (Å²) in [6.07, 6.45) is 8.00. The quantitative estimate of drug-likeness (QED) is 0.754. The predicted octanol–water partition coefficient (Wildman–Crippen LogP) is 2.85. The number of benzene rings is 1. The van der Waals surface area contributed by atoms with Crippen LogP contribution in [0.1, 0.15) is 36.3 Å². The van der Waals surface area contributed by atoms with Crippen LogP contribution in [0.5, 0.6) is 5.75 Å². The first-order valence-corrected chi connectivity index (χ1v) is 9.67. The summed E-state index contributed by atoms with van der Waals surface area (Å²) in [7, 11) is 0. The summed E-state index contributed by atoms with van der Waals surface area (Å²) in [5.41, 5.74) is 1.25. The van der Waals surface area contributed by atoms with Crippen molar-refractivity contribution < 1.29 is 9.53 Å². The second-order valence-electron chi connectivity index (χ2n) is 7.54. The Labute approximate surface area is 157 Å². The van der Waals surface area contributed by atoms with E-state index in [-0.39, 0.29) is 12.0 Å². The number of aromatic nitrogens is 4. The highest BCUT2D eigenvalue weighted by Crippen LogP contribution is 2.34. The van der Waals surface area contributed by atoms with E-state index >= 15 is 0 Å². The van der Waals surface area contributed by atoms with Crippen molar-refractivity contribution in [2.24, 2.45) is 5.92 Å². The number of H-pyrrole nitrogens is 1. The standard InChI is InChI=1S/C20H23N5O2/c26-20(19-21-13-22-23-19)24-9-6-15(7-10-24)27-18-3-1-2-17-16(18)8-11-25(17)12-14-4-5-14/h1-3,8,11,13-15H,4-7,9-10,12H2,(H,21,22,23). The molecule has 140 valence electrons. The second-order valence-corrected chi connectivity index (χ2v) is 7.54. The Bertz CT molecular complexity index is 937. The molecule has 2 fully saturated rings. The SMILES string of the molecule is O=C(c1ncn[nH]1)N1CCC(Oc2cccc3c2ccn3CC2CC2)CC1. The zero-order valence-electron chi connectivity index (χ0n) is 15.2. The molecule has 3 aromatic rings. The molecule has 1 aromatic carbocycles. The van der Waals surface area contributed by atoms with Gasteiger partial charge in [0.2, 0.25) is 5.82 Å². The van der Waals surface area contributed by atoms with Gasteiger partial charge in [-0.2, -0.15) is 5.10 Å². The lowest BCUT2D eigenvalue weighted by Crippen LogP contribution is -2.42. The van der Waals surface area contributed by atoms with E-state index in [1.807, 2.05) is 4.90 Å². The number of fused-ring (bicyclic) bond motifs is 1. The van der Waals surface area contributed by atoms with Gasteiger partial charge < -0.3 is 14.2 Å². The van der Waals surface area contributed by atoms with Crippen LogP contribution < -0.4 is 4.74 Å². The first-order valence-electron chi connectivity index (χ1n) is 9.67. The van der Waals surface area contributed by atoms with Crippen molar-refractivity contribution in [1.29, 1.82) is 0 Å². The molecule has 1 aliphatic heterocycles. The molecule has 2 aromatic heterocycles. The molecule has 0 bridgehead atoms. The topological polar surface area (TPSA) is 76.0 Å². The highest BCUT2D eigenvalue weighted by molar-refractivity contribution is 5.90. The molecule has 1 saturated heterocycles. The van der Waals surface area contributed by atoms with Gasteiger partial charge in [0.1, 0.15) is 18.2 Å².